The highest BCUT2D eigenvalue weighted by molar-refractivity contribution is 7.95. The van der Waals surface area contributed by atoms with Crippen molar-refractivity contribution in [1.29, 1.82) is 0 Å². The van der Waals surface area contributed by atoms with Gasteiger partial charge in [0.25, 0.3) is 0 Å². The van der Waals surface area contributed by atoms with Crippen LogP contribution < -0.4 is 14.4 Å². The lowest BCUT2D eigenvalue weighted by atomic mass is 9.71. The van der Waals surface area contributed by atoms with Gasteiger partial charge in [0.15, 0.2) is 0 Å². The van der Waals surface area contributed by atoms with Gasteiger partial charge in [-0.2, -0.15) is 0 Å². The summed E-state index contributed by atoms with van der Waals surface area (Å²) in [5.41, 5.74) is 6.63. The zero-order valence-corrected chi connectivity index (χ0v) is 26.4. The summed E-state index contributed by atoms with van der Waals surface area (Å²) in [6.07, 6.45) is 10.1. The van der Waals surface area contributed by atoms with Crippen LogP contribution in [0.5, 0.6) is 5.75 Å². The number of hydrogen-bond acceptors (Lipinski definition) is 6. The van der Waals surface area contributed by atoms with Crippen molar-refractivity contribution in [3.63, 3.8) is 0 Å². The summed E-state index contributed by atoms with van der Waals surface area (Å²) in [6, 6.07) is 13.4. The maximum absolute atomic E-state index is 6.36. The fourth-order valence-corrected chi connectivity index (χ4v) is 7.36. The normalized spacial score (nSPS) is 22.5. The molecule has 1 saturated carbocycles. The van der Waals surface area contributed by atoms with Crippen LogP contribution in [0.2, 0.25) is 5.02 Å². The number of nitrogens with one attached hydrogen (secondary N) is 1. The van der Waals surface area contributed by atoms with Crippen LogP contribution in [0.3, 0.4) is 0 Å². The van der Waals surface area contributed by atoms with Crippen LogP contribution in [0, 0.1) is 11.8 Å². The Bertz CT molecular complexity index is 1190. The minimum atomic E-state index is 0.303. The van der Waals surface area contributed by atoms with Crippen molar-refractivity contribution in [2.24, 2.45) is 11.8 Å². The summed E-state index contributed by atoms with van der Waals surface area (Å²) in [5.74, 6) is 2.60. The molecular weight excluding hydrogens is 538 g/mol. The molecule has 3 aliphatic rings. The standard InChI is InChI=1S/C33H46ClN3O2S/c1-6-8-25-18-29(34)12-13-30(25)28-20-36(3)31-15-23(11-14-32(31)39-21-28)19-35-40-37(4)22(2)26-16-27(17-26)33(38-5)24-9-7-10-24/h11-16,18,22,24,26,28,33,35H,6-10,17,19-21H2,1-5H3/t22?,26-,28?,33?/m1/s1. The summed E-state index contributed by atoms with van der Waals surface area (Å²) in [7, 11) is 6.24. The molecule has 0 saturated heterocycles. The number of anilines is 1. The van der Waals surface area contributed by atoms with Gasteiger partial charge >= 0.3 is 0 Å². The SMILES string of the molecule is CCCc1cc(Cl)ccc1C1COc2ccc(CNSN(C)C(C)[C@@H]3C=C(C(OC)C4CCC4)C3)cc2N(C)C1. The van der Waals surface area contributed by atoms with Crippen LogP contribution in [0.1, 0.15) is 68.6 Å². The van der Waals surface area contributed by atoms with Crippen molar-refractivity contribution in [2.45, 2.75) is 77.0 Å². The second-order valence-corrected chi connectivity index (χ2v) is 13.4. The molecule has 218 valence electrons. The third-order valence-corrected chi connectivity index (χ3v) is 10.3. The number of aryl methyl sites for hydroxylation is 1. The first-order valence-electron chi connectivity index (χ1n) is 15.0. The van der Waals surface area contributed by atoms with Crippen molar-refractivity contribution in [3.8, 4) is 5.75 Å². The fourth-order valence-electron chi connectivity index (χ4n) is 6.41. The number of benzene rings is 2. The molecular formula is C33H46ClN3O2S. The van der Waals surface area contributed by atoms with Gasteiger partial charge < -0.3 is 14.4 Å². The largest absolute Gasteiger partial charge is 0.491 e. The van der Waals surface area contributed by atoms with E-state index < -0.39 is 0 Å². The lowest BCUT2D eigenvalue weighted by molar-refractivity contribution is 0.0364. The lowest BCUT2D eigenvalue weighted by Crippen LogP contribution is -2.40. The predicted molar refractivity (Wildman–Crippen MR) is 169 cm³/mol. The van der Waals surface area contributed by atoms with E-state index in [1.165, 1.54) is 41.5 Å². The van der Waals surface area contributed by atoms with Gasteiger partial charge in [0, 0.05) is 56.4 Å². The first kappa shape index (κ1) is 29.8. The van der Waals surface area contributed by atoms with Gasteiger partial charge in [0.05, 0.1) is 18.4 Å². The molecule has 1 fully saturated rings. The monoisotopic (exact) mass is 583 g/mol. The van der Waals surface area contributed by atoms with Gasteiger partial charge in [0.1, 0.15) is 5.75 Å². The molecule has 4 atom stereocenters. The molecule has 5 rings (SSSR count). The number of methoxy groups -OCH3 is 1. The van der Waals surface area contributed by atoms with Crippen molar-refractivity contribution in [3.05, 3.63) is 69.8 Å². The molecule has 1 aliphatic heterocycles. The predicted octanol–water partition coefficient (Wildman–Crippen LogP) is 7.64. The zero-order chi connectivity index (χ0) is 28.2. The van der Waals surface area contributed by atoms with Crippen LogP contribution in [0.25, 0.3) is 0 Å². The second kappa shape index (κ2) is 13.5. The molecule has 2 aliphatic carbocycles. The number of rotatable bonds is 12. The zero-order valence-electron chi connectivity index (χ0n) is 24.8. The van der Waals surface area contributed by atoms with Crippen LogP contribution in [-0.2, 0) is 17.7 Å². The van der Waals surface area contributed by atoms with Gasteiger partial charge in [-0.3, -0.25) is 0 Å². The molecule has 2 aromatic rings. The molecule has 5 nitrogen and oxygen atoms in total. The van der Waals surface area contributed by atoms with E-state index in [9.17, 15) is 0 Å². The van der Waals surface area contributed by atoms with Crippen molar-refractivity contribution < 1.29 is 9.47 Å². The number of hydrogen-bond donors (Lipinski definition) is 1. The maximum atomic E-state index is 6.36. The van der Waals surface area contributed by atoms with E-state index in [1.54, 1.807) is 12.1 Å². The first-order chi connectivity index (χ1) is 19.4. The molecule has 0 bridgehead atoms. The third kappa shape index (κ3) is 6.68. The van der Waals surface area contributed by atoms with Gasteiger partial charge in [0.2, 0.25) is 0 Å². The van der Waals surface area contributed by atoms with E-state index in [2.05, 4.69) is 78.3 Å². The summed E-state index contributed by atoms with van der Waals surface area (Å²) < 4.78 is 18.2. The molecule has 0 radical (unpaired) electrons. The van der Waals surface area contributed by atoms with Gasteiger partial charge in [-0.25, -0.2) is 9.03 Å². The number of halogens is 1. The Hall–Kier alpha value is -1.70. The molecule has 40 heavy (non-hydrogen) atoms. The average Bonchev–Trinajstić information content (AvgIpc) is 3.04. The molecule has 1 N–H and O–H groups in total. The van der Waals surface area contributed by atoms with Crippen LogP contribution in [-0.4, -0.2) is 50.8 Å². The van der Waals surface area contributed by atoms with E-state index >= 15 is 0 Å². The van der Waals surface area contributed by atoms with Crippen LogP contribution in [0.4, 0.5) is 5.69 Å². The lowest BCUT2D eigenvalue weighted by Gasteiger charge is -2.42. The highest BCUT2D eigenvalue weighted by atomic mass is 35.5. The summed E-state index contributed by atoms with van der Waals surface area (Å²) in [5, 5.41) is 0.811. The second-order valence-electron chi connectivity index (χ2n) is 11.9. The fraction of sp³-hybridized carbons (Fsp3) is 0.576. The number of ether oxygens (including phenoxy) is 2. The molecule has 0 amide bonds. The van der Waals surface area contributed by atoms with E-state index in [0.717, 1.165) is 54.7 Å². The maximum Gasteiger partial charge on any atom is 0.142 e. The van der Waals surface area contributed by atoms with Crippen molar-refractivity contribution in [1.82, 2.24) is 9.03 Å². The van der Waals surface area contributed by atoms with E-state index in [-0.39, 0.29) is 0 Å². The summed E-state index contributed by atoms with van der Waals surface area (Å²) >= 11 is 8.04. The van der Waals surface area contributed by atoms with E-state index in [1.807, 2.05) is 13.2 Å². The Balaban J connectivity index is 1.14. The minimum absolute atomic E-state index is 0.303. The quantitative estimate of drug-likeness (QED) is 0.204. The Morgan fingerprint density at radius 3 is 2.73 bits per heavy atom. The molecule has 0 aromatic heterocycles. The van der Waals surface area contributed by atoms with Gasteiger partial charge in [-0.1, -0.05) is 49.6 Å². The Morgan fingerprint density at radius 1 is 1.23 bits per heavy atom. The van der Waals surface area contributed by atoms with Crippen molar-refractivity contribution >= 4 is 29.4 Å². The van der Waals surface area contributed by atoms with Gasteiger partial charge in [-0.05, 0) is 98.0 Å². The minimum Gasteiger partial charge on any atom is -0.491 e. The molecule has 1 heterocycles. The van der Waals surface area contributed by atoms with Crippen LogP contribution >= 0.6 is 23.7 Å². The Morgan fingerprint density at radius 2 is 2.02 bits per heavy atom. The molecule has 3 unspecified atom stereocenters. The first-order valence-corrected chi connectivity index (χ1v) is 16.1. The van der Waals surface area contributed by atoms with Crippen LogP contribution in [0.15, 0.2) is 48.0 Å². The topological polar surface area (TPSA) is 37.0 Å². The number of likely N-dealkylation sites (N-methyl/N-ethyl adjacent to an activating group) is 1. The number of nitrogens with zero attached hydrogens (tertiary/aromatic N) is 2. The average molecular weight is 584 g/mol. The molecule has 7 heteroatoms. The Kier molecular flexibility index (Phi) is 10.1. The molecule has 0 spiro atoms. The van der Waals surface area contributed by atoms with Gasteiger partial charge in [-0.15, -0.1) is 0 Å². The van der Waals surface area contributed by atoms with E-state index in [0.29, 0.717) is 30.6 Å². The van der Waals surface area contributed by atoms with Crippen molar-refractivity contribution in [2.75, 3.05) is 39.3 Å². The number of fused-ring (bicyclic) bond motifs is 1. The smallest absolute Gasteiger partial charge is 0.142 e. The molecule has 2 aromatic carbocycles. The Labute approximate surface area is 250 Å². The highest BCUT2D eigenvalue weighted by Gasteiger charge is 2.36. The summed E-state index contributed by atoms with van der Waals surface area (Å²) in [4.78, 5) is 2.35. The highest BCUT2D eigenvalue weighted by Crippen LogP contribution is 2.42. The summed E-state index contributed by atoms with van der Waals surface area (Å²) in [6.45, 7) is 6.93. The van der Waals surface area contributed by atoms with E-state index in [4.69, 9.17) is 21.1 Å². The third-order valence-electron chi connectivity index (χ3n) is 9.21.